The lowest BCUT2D eigenvalue weighted by Crippen LogP contribution is -2.45. The van der Waals surface area contributed by atoms with E-state index in [0.717, 1.165) is 24.2 Å². The van der Waals surface area contributed by atoms with Gasteiger partial charge in [0, 0.05) is 19.1 Å². The first kappa shape index (κ1) is 17.8. The summed E-state index contributed by atoms with van der Waals surface area (Å²) in [7, 11) is 1.63. The van der Waals surface area contributed by atoms with Gasteiger partial charge in [-0.1, -0.05) is 31.4 Å². The van der Waals surface area contributed by atoms with Crippen LogP contribution in [0.5, 0.6) is 5.75 Å². The molecule has 1 saturated carbocycles. The van der Waals surface area contributed by atoms with Crippen molar-refractivity contribution in [3.63, 3.8) is 0 Å². The predicted molar refractivity (Wildman–Crippen MR) is 90.4 cm³/mol. The maximum absolute atomic E-state index is 12.2. The fraction of sp³-hybridized carbons (Fsp3) is 0.611. The number of benzene rings is 1. The number of hydrogen-bond acceptors (Lipinski definition) is 4. The van der Waals surface area contributed by atoms with Gasteiger partial charge in [0.05, 0.1) is 20.3 Å². The largest absolute Gasteiger partial charge is 0.497 e. The Morgan fingerprint density at radius 2 is 2.13 bits per heavy atom. The fourth-order valence-electron chi connectivity index (χ4n) is 3.19. The van der Waals surface area contributed by atoms with Crippen LogP contribution in [0.15, 0.2) is 24.3 Å². The van der Waals surface area contributed by atoms with Crippen molar-refractivity contribution in [2.45, 2.75) is 44.7 Å². The second-order valence-corrected chi connectivity index (χ2v) is 6.11. The zero-order chi connectivity index (χ0) is 16.5. The van der Waals surface area contributed by atoms with Crippen LogP contribution in [-0.4, -0.2) is 48.8 Å². The Kier molecular flexibility index (Phi) is 7.36. The van der Waals surface area contributed by atoms with Gasteiger partial charge >= 0.3 is 0 Å². The third-order valence-electron chi connectivity index (χ3n) is 4.45. The van der Waals surface area contributed by atoms with Crippen molar-refractivity contribution in [2.75, 3.05) is 26.8 Å². The van der Waals surface area contributed by atoms with Crippen molar-refractivity contribution in [1.82, 2.24) is 10.2 Å². The highest BCUT2D eigenvalue weighted by Crippen LogP contribution is 2.22. The third kappa shape index (κ3) is 5.84. The lowest BCUT2D eigenvalue weighted by Gasteiger charge is -2.33. The Labute approximate surface area is 138 Å². The number of ether oxygens (including phenoxy) is 1. The molecular weight excluding hydrogens is 292 g/mol. The number of carbonyl (C=O) groups is 1. The average molecular weight is 320 g/mol. The van der Waals surface area contributed by atoms with Gasteiger partial charge in [-0.2, -0.15) is 0 Å². The van der Waals surface area contributed by atoms with E-state index in [9.17, 15) is 9.90 Å². The van der Waals surface area contributed by atoms with E-state index in [0.29, 0.717) is 25.7 Å². The zero-order valence-electron chi connectivity index (χ0n) is 14.0. The highest BCUT2D eigenvalue weighted by atomic mass is 16.5. The molecule has 5 nitrogen and oxygen atoms in total. The van der Waals surface area contributed by atoms with Crippen LogP contribution in [0.25, 0.3) is 0 Å². The van der Waals surface area contributed by atoms with Gasteiger partial charge in [0.15, 0.2) is 0 Å². The van der Waals surface area contributed by atoms with Crippen LogP contribution in [0.2, 0.25) is 0 Å². The summed E-state index contributed by atoms with van der Waals surface area (Å²) in [6.45, 7) is 1.51. The molecule has 2 rings (SSSR count). The van der Waals surface area contributed by atoms with Gasteiger partial charge in [0.1, 0.15) is 5.75 Å². The highest BCUT2D eigenvalue weighted by Gasteiger charge is 2.22. The molecule has 0 unspecified atom stereocenters. The lowest BCUT2D eigenvalue weighted by atomic mass is 9.94. The molecule has 0 aromatic heterocycles. The van der Waals surface area contributed by atoms with Crippen molar-refractivity contribution in [1.29, 1.82) is 0 Å². The molecular formula is C18H28N2O3. The molecule has 128 valence electrons. The van der Waals surface area contributed by atoms with Crippen molar-refractivity contribution in [2.24, 2.45) is 0 Å². The molecule has 1 aliphatic carbocycles. The van der Waals surface area contributed by atoms with Crippen molar-refractivity contribution in [3.8, 4) is 5.75 Å². The average Bonchev–Trinajstić information content (AvgIpc) is 2.60. The van der Waals surface area contributed by atoms with Gasteiger partial charge < -0.3 is 15.2 Å². The summed E-state index contributed by atoms with van der Waals surface area (Å²) in [6, 6.07) is 8.12. The predicted octanol–water partition coefficient (Wildman–Crippen LogP) is 1.94. The van der Waals surface area contributed by atoms with Gasteiger partial charge in [-0.05, 0) is 30.5 Å². The number of hydrogen-bond donors (Lipinski definition) is 2. The summed E-state index contributed by atoms with van der Waals surface area (Å²) in [4.78, 5) is 14.4. The van der Waals surface area contributed by atoms with E-state index in [1.165, 1.54) is 19.3 Å². The van der Waals surface area contributed by atoms with Crippen molar-refractivity contribution >= 4 is 5.91 Å². The highest BCUT2D eigenvalue weighted by molar-refractivity contribution is 5.78. The maximum atomic E-state index is 12.2. The van der Waals surface area contributed by atoms with Gasteiger partial charge in [-0.15, -0.1) is 0 Å². The SMILES string of the molecule is COc1cccc(CNC(=O)CN(CCO)C2CCCCC2)c1. The summed E-state index contributed by atoms with van der Waals surface area (Å²) < 4.78 is 5.19. The van der Waals surface area contributed by atoms with Gasteiger partial charge in [-0.25, -0.2) is 0 Å². The molecule has 0 radical (unpaired) electrons. The van der Waals surface area contributed by atoms with Gasteiger partial charge in [-0.3, -0.25) is 9.69 Å². The van der Waals surface area contributed by atoms with E-state index in [1.54, 1.807) is 7.11 Å². The molecule has 0 aliphatic heterocycles. The lowest BCUT2D eigenvalue weighted by molar-refractivity contribution is -0.123. The van der Waals surface area contributed by atoms with Crippen LogP contribution in [0, 0.1) is 0 Å². The normalized spacial score (nSPS) is 15.6. The summed E-state index contributed by atoms with van der Waals surface area (Å²) >= 11 is 0. The zero-order valence-corrected chi connectivity index (χ0v) is 14.0. The monoisotopic (exact) mass is 320 g/mol. The number of nitrogens with zero attached hydrogens (tertiary/aromatic N) is 1. The number of nitrogens with one attached hydrogen (secondary N) is 1. The first-order valence-electron chi connectivity index (χ1n) is 8.47. The first-order valence-corrected chi connectivity index (χ1v) is 8.47. The molecule has 1 fully saturated rings. The Morgan fingerprint density at radius 3 is 2.83 bits per heavy atom. The minimum Gasteiger partial charge on any atom is -0.497 e. The van der Waals surface area contributed by atoms with Crippen LogP contribution in [0.4, 0.5) is 0 Å². The van der Waals surface area contributed by atoms with E-state index < -0.39 is 0 Å². The van der Waals surface area contributed by atoms with Crippen LogP contribution in [0.1, 0.15) is 37.7 Å². The first-order chi connectivity index (χ1) is 11.2. The molecule has 1 aliphatic rings. The van der Waals surface area contributed by atoms with Crippen LogP contribution < -0.4 is 10.1 Å². The molecule has 0 bridgehead atoms. The Hall–Kier alpha value is -1.59. The number of methoxy groups -OCH3 is 1. The van der Waals surface area contributed by atoms with Crippen molar-refractivity contribution in [3.05, 3.63) is 29.8 Å². The molecule has 1 aromatic rings. The number of amides is 1. The standard InChI is InChI=1S/C18H28N2O3/c1-23-17-9-5-6-15(12-17)13-19-18(22)14-20(10-11-21)16-7-3-2-4-8-16/h5-6,9,12,16,21H,2-4,7-8,10-11,13-14H2,1H3,(H,19,22). The molecule has 1 amide bonds. The summed E-state index contributed by atoms with van der Waals surface area (Å²) in [5.74, 6) is 0.799. The molecule has 5 heteroatoms. The van der Waals surface area contributed by atoms with E-state index in [2.05, 4.69) is 10.2 Å². The van der Waals surface area contributed by atoms with Gasteiger partial charge in [0.25, 0.3) is 0 Å². The molecule has 0 saturated heterocycles. The second kappa shape index (κ2) is 9.53. The minimum absolute atomic E-state index is 0.00634. The number of aliphatic hydroxyl groups is 1. The summed E-state index contributed by atoms with van der Waals surface area (Å²) in [6.07, 6.45) is 5.98. The molecule has 2 N–H and O–H groups in total. The van der Waals surface area contributed by atoms with Crippen LogP contribution in [-0.2, 0) is 11.3 Å². The molecule has 23 heavy (non-hydrogen) atoms. The number of aliphatic hydroxyl groups excluding tert-OH is 1. The molecule has 0 spiro atoms. The number of carbonyl (C=O) groups excluding carboxylic acids is 1. The molecule has 0 heterocycles. The van der Waals surface area contributed by atoms with E-state index in [1.807, 2.05) is 24.3 Å². The van der Waals surface area contributed by atoms with E-state index in [-0.39, 0.29) is 12.5 Å². The fourth-order valence-corrected chi connectivity index (χ4v) is 3.19. The van der Waals surface area contributed by atoms with E-state index in [4.69, 9.17) is 4.74 Å². The van der Waals surface area contributed by atoms with Gasteiger partial charge in [0.2, 0.25) is 5.91 Å². The second-order valence-electron chi connectivity index (χ2n) is 6.11. The quantitative estimate of drug-likeness (QED) is 0.768. The smallest absolute Gasteiger partial charge is 0.234 e. The van der Waals surface area contributed by atoms with E-state index >= 15 is 0 Å². The topological polar surface area (TPSA) is 61.8 Å². The summed E-state index contributed by atoms with van der Waals surface area (Å²) in [5, 5.41) is 12.2. The Morgan fingerprint density at radius 1 is 1.35 bits per heavy atom. The summed E-state index contributed by atoms with van der Waals surface area (Å²) in [5.41, 5.74) is 1.02. The Balaban J connectivity index is 1.83. The number of rotatable bonds is 8. The van der Waals surface area contributed by atoms with Crippen LogP contribution >= 0.6 is 0 Å². The van der Waals surface area contributed by atoms with Crippen LogP contribution in [0.3, 0.4) is 0 Å². The van der Waals surface area contributed by atoms with Crippen molar-refractivity contribution < 1.29 is 14.6 Å². The minimum atomic E-state index is 0.00634. The molecule has 1 aromatic carbocycles. The maximum Gasteiger partial charge on any atom is 0.234 e. The molecule has 0 atom stereocenters. The Bertz CT molecular complexity index is 487. The third-order valence-corrected chi connectivity index (χ3v) is 4.45.